The quantitative estimate of drug-likeness (QED) is 0.793. The molecule has 0 saturated carbocycles. The molecule has 0 bridgehead atoms. The number of nitrogens with zero attached hydrogens (tertiary/aromatic N) is 4. The Morgan fingerprint density at radius 2 is 2.33 bits per heavy atom. The molecule has 2 N–H and O–H groups in total. The summed E-state index contributed by atoms with van der Waals surface area (Å²) in [6.07, 6.45) is 1.65. The Balaban J connectivity index is 1.83. The van der Waals surface area contributed by atoms with Crippen molar-refractivity contribution in [2.24, 2.45) is 0 Å². The second-order valence-corrected chi connectivity index (χ2v) is 4.88. The lowest BCUT2D eigenvalue weighted by molar-refractivity contribution is -0.151. The summed E-state index contributed by atoms with van der Waals surface area (Å²) in [5, 5.41) is 16.6. The zero-order valence-electron chi connectivity index (χ0n) is 11.2. The fourth-order valence-electron chi connectivity index (χ4n) is 2.37. The van der Waals surface area contributed by atoms with E-state index >= 15 is 0 Å². The van der Waals surface area contributed by atoms with E-state index in [0.717, 1.165) is 5.69 Å². The van der Waals surface area contributed by atoms with Gasteiger partial charge in [-0.2, -0.15) is 0 Å². The minimum absolute atomic E-state index is 0.0391. The summed E-state index contributed by atoms with van der Waals surface area (Å²) in [5.41, 5.74) is 2.38. The van der Waals surface area contributed by atoms with Crippen molar-refractivity contribution in [1.29, 1.82) is 0 Å². The molecule has 3 heterocycles. The Labute approximate surface area is 118 Å². The Kier molecular flexibility index (Phi) is 3.16. The molecule has 9 heteroatoms. The second-order valence-electron chi connectivity index (χ2n) is 4.88. The van der Waals surface area contributed by atoms with Gasteiger partial charge in [-0.25, -0.2) is 14.4 Å². The van der Waals surface area contributed by atoms with Crippen LogP contribution in [-0.4, -0.2) is 48.2 Å². The lowest BCUT2D eigenvalue weighted by Gasteiger charge is -2.32. The summed E-state index contributed by atoms with van der Waals surface area (Å²) in [6, 6.07) is -0.923. The molecule has 0 spiro atoms. The SMILES string of the molecule is Cc1nonc1CC(=O)N1Cc2[nH]cnc2C[C@H]1C(=O)O. The zero-order valence-corrected chi connectivity index (χ0v) is 11.2. The summed E-state index contributed by atoms with van der Waals surface area (Å²) in [7, 11) is 0. The van der Waals surface area contributed by atoms with Gasteiger partial charge < -0.3 is 15.0 Å². The van der Waals surface area contributed by atoms with Crippen LogP contribution in [0.3, 0.4) is 0 Å². The molecule has 0 unspecified atom stereocenters. The monoisotopic (exact) mass is 291 g/mol. The number of carboxylic acids is 1. The molecule has 1 aliphatic heterocycles. The van der Waals surface area contributed by atoms with Crippen molar-refractivity contribution < 1.29 is 19.3 Å². The van der Waals surface area contributed by atoms with Crippen LogP contribution in [0.25, 0.3) is 0 Å². The van der Waals surface area contributed by atoms with Gasteiger partial charge in [0.05, 0.1) is 30.7 Å². The number of carboxylic acid groups (broad SMARTS) is 1. The Hall–Kier alpha value is -2.71. The number of carbonyl (C=O) groups excluding carboxylic acids is 1. The van der Waals surface area contributed by atoms with Crippen LogP contribution in [0.4, 0.5) is 0 Å². The van der Waals surface area contributed by atoms with E-state index in [9.17, 15) is 14.7 Å². The van der Waals surface area contributed by atoms with Crippen molar-refractivity contribution in [2.75, 3.05) is 0 Å². The number of fused-ring (bicyclic) bond motifs is 1. The van der Waals surface area contributed by atoms with Gasteiger partial charge >= 0.3 is 5.97 Å². The molecule has 2 aromatic rings. The summed E-state index contributed by atoms with van der Waals surface area (Å²) < 4.78 is 4.55. The minimum Gasteiger partial charge on any atom is -0.480 e. The number of rotatable bonds is 3. The number of aryl methyl sites for hydroxylation is 1. The maximum Gasteiger partial charge on any atom is 0.326 e. The first-order valence-corrected chi connectivity index (χ1v) is 6.37. The van der Waals surface area contributed by atoms with Crippen LogP contribution in [-0.2, 0) is 29.0 Å². The summed E-state index contributed by atoms with van der Waals surface area (Å²) >= 11 is 0. The van der Waals surface area contributed by atoms with Crippen molar-refractivity contribution in [3.63, 3.8) is 0 Å². The van der Waals surface area contributed by atoms with Gasteiger partial charge in [-0.3, -0.25) is 4.79 Å². The smallest absolute Gasteiger partial charge is 0.326 e. The standard InChI is InChI=1S/C12H13N5O4/c1-6-7(16-21-15-6)3-11(18)17-4-9-8(13-5-14-9)2-10(17)12(19)20/h5,10H,2-4H2,1H3,(H,13,14)(H,19,20)/t10-/m0/s1. The van der Waals surface area contributed by atoms with E-state index in [4.69, 9.17) is 0 Å². The predicted molar refractivity (Wildman–Crippen MR) is 67.0 cm³/mol. The maximum atomic E-state index is 12.4. The Morgan fingerprint density at radius 1 is 1.52 bits per heavy atom. The number of H-pyrrole nitrogens is 1. The summed E-state index contributed by atoms with van der Waals surface area (Å²) in [5.74, 6) is -1.38. The highest BCUT2D eigenvalue weighted by Crippen LogP contribution is 2.22. The second kappa shape index (κ2) is 5.00. The van der Waals surface area contributed by atoms with E-state index in [-0.39, 0.29) is 25.3 Å². The summed E-state index contributed by atoms with van der Waals surface area (Å²) in [4.78, 5) is 32.1. The number of amides is 1. The van der Waals surface area contributed by atoms with Crippen molar-refractivity contribution in [1.82, 2.24) is 25.2 Å². The van der Waals surface area contributed by atoms with Gasteiger partial charge in [0.1, 0.15) is 17.4 Å². The van der Waals surface area contributed by atoms with Crippen LogP contribution >= 0.6 is 0 Å². The van der Waals surface area contributed by atoms with Gasteiger partial charge in [-0.15, -0.1) is 0 Å². The first-order valence-electron chi connectivity index (χ1n) is 6.37. The first-order chi connectivity index (χ1) is 10.1. The average Bonchev–Trinajstić information content (AvgIpc) is 3.06. The maximum absolute atomic E-state index is 12.4. The largest absolute Gasteiger partial charge is 0.480 e. The van der Waals surface area contributed by atoms with Crippen molar-refractivity contribution in [3.8, 4) is 0 Å². The number of hydrogen-bond acceptors (Lipinski definition) is 6. The molecule has 0 saturated heterocycles. The highest BCUT2D eigenvalue weighted by atomic mass is 16.6. The van der Waals surface area contributed by atoms with Crippen LogP contribution in [0.15, 0.2) is 11.0 Å². The molecular formula is C12H13N5O4. The number of aromatic nitrogens is 4. The van der Waals surface area contributed by atoms with Gasteiger partial charge in [0.15, 0.2) is 0 Å². The third kappa shape index (κ3) is 2.37. The molecule has 1 amide bonds. The van der Waals surface area contributed by atoms with Crippen LogP contribution in [0, 0.1) is 6.92 Å². The van der Waals surface area contributed by atoms with E-state index in [0.29, 0.717) is 17.1 Å². The normalized spacial score (nSPS) is 17.6. The van der Waals surface area contributed by atoms with E-state index in [1.807, 2.05) is 0 Å². The van der Waals surface area contributed by atoms with E-state index in [1.165, 1.54) is 11.2 Å². The molecule has 21 heavy (non-hydrogen) atoms. The van der Waals surface area contributed by atoms with Gasteiger partial charge in [-0.1, -0.05) is 10.3 Å². The van der Waals surface area contributed by atoms with E-state index < -0.39 is 12.0 Å². The van der Waals surface area contributed by atoms with Crippen LogP contribution in [0.2, 0.25) is 0 Å². The molecule has 9 nitrogen and oxygen atoms in total. The number of nitrogens with one attached hydrogen (secondary N) is 1. The number of aliphatic carboxylic acids is 1. The summed E-state index contributed by atoms with van der Waals surface area (Å²) in [6.45, 7) is 1.87. The van der Waals surface area contributed by atoms with Crippen LogP contribution < -0.4 is 0 Å². The van der Waals surface area contributed by atoms with E-state index in [2.05, 4.69) is 24.9 Å². The zero-order chi connectivity index (χ0) is 15.0. The lowest BCUT2D eigenvalue weighted by Crippen LogP contribution is -2.49. The third-order valence-electron chi connectivity index (χ3n) is 3.57. The third-order valence-corrected chi connectivity index (χ3v) is 3.57. The molecule has 3 rings (SSSR count). The molecule has 0 aromatic carbocycles. The van der Waals surface area contributed by atoms with Gasteiger partial charge in [0, 0.05) is 6.42 Å². The molecule has 2 aromatic heterocycles. The van der Waals surface area contributed by atoms with Gasteiger partial charge in [0.25, 0.3) is 0 Å². The fourth-order valence-corrected chi connectivity index (χ4v) is 2.37. The average molecular weight is 291 g/mol. The molecule has 0 aliphatic carbocycles. The van der Waals surface area contributed by atoms with Gasteiger partial charge in [0.2, 0.25) is 5.91 Å². The topological polar surface area (TPSA) is 125 Å². The number of hydrogen-bond donors (Lipinski definition) is 2. The van der Waals surface area contributed by atoms with Crippen molar-refractivity contribution in [3.05, 3.63) is 29.1 Å². The number of aromatic amines is 1. The first kappa shape index (κ1) is 13.3. The van der Waals surface area contributed by atoms with Crippen LogP contribution in [0.5, 0.6) is 0 Å². The van der Waals surface area contributed by atoms with E-state index in [1.54, 1.807) is 6.92 Å². The Morgan fingerprint density at radius 3 is 3.00 bits per heavy atom. The van der Waals surface area contributed by atoms with Gasteiger partial charge in [-0.05, 0) is 6.92 Å². The fraction of sp³-hybridized carbons (Fsp3) is 0.417. The lowest BCUT2D eigenvalue weighted by atomic mass is 10.0. The molecule has 110 valence electrons. The van der Waals surface area contributed by atoms with Crippen LogP contribution in [0.1, 0.15) is 22.8 Å². The Bertz CT molecular complexity index is 691. The van der Waals surface area contributed by atoms with Crippen molar-refractivity contribution in [2.45, 2.75) is 32.4 Å². The predicted octanol–water partition coefficient (Wildman–Crippen LogP) is -0.318. The number of carbonyl (C=O) groups is 2. The molecule has 1 aliphatic rings. The minimum atomic E-state index is -1.05. The highest BCUT2D eigenvalue weighted by Gasteiger charge is 2.36. The molecule has 1 atom stereocenters. The molecule has 0 fully saturated rings. The number of imidazole rings is 1. The molecule has 0 radical (unpaired) electrons. The molecular weight excluding hydrogens is 278 g/mol. The van der Waals surface area contributed by atoms with Crippen molar-refractivity contribution >= 4 is 11.9 Å². The highest BCUT2D eigenvalue weighted by molar-refractivity contribution is 5.85.